The van der Waals surface area contributed by atoms with Crippen LogP contribution in [0.5, 0.6) is 0 Å². The highest BCUT2D eigenvalue weighted by molar-refractivity contribution is 6.36. The summed E-state index contributed by atoms with van der Waals surface area (Å²) in [6, 6.07) is 10.8. The van der Waals surface area contributed by atoms with Crippen LogP contribution in [-0.2, 0) is 19.9 Å². The smallest absolute Gasteiger partial charge is 0.250 e. The van der Waals surface area contributed by atoms with Gasteiger partial charge in [0.1, 0.15) is 5.54 Å². The first-order valence-corrected chi connectivity index (χ1v) is 11.1. The van der Waals surface area contributed by atoms with Gasteiger partial charge < -0.3 is 5.32 Å². The molecule has 2 aromatic carbocycles. The van der Waals surface area contributed by atoms with Gasteiger partial charge in [-0.25, -0.2) is 4.90 Å². The Balaban J connectivity index is 1.60. The summed E-state index contributed by atoms with van der Waals surface area (Å²) in [5.74, 6) is -2.09. The average molecular weight is 436 g/mol. The number of hydrogen-bond acceptors (Lipinski definition) is 4. The molecule has 0 bridgehead atoms. The molecule has 4 aliphatic rings. The Morgan fingerprint density at radius 3 is 2.65 bits per heavy atom. The lowest BCUT2D eigenvalue weighted by Crippen LogP contribution is -2.54. The van der Waals surface area contributed by atoms with E-state index in [2.05, 4.69) is 10.2 Å². The van der Waals surface area contributed by atoms with Crippen molar-refractivity contribution >= 4 is 40.7 Å². The number of nitrogens with one attached hydrogen (secondary N) is 1. The van der Waals surface area contributed by atoms with E-state index in [-0.39, 0.29) is 23.8 Å². The molecule has 0 aliphatic carbocycles. The van der Waals surface area contributed by atoms with Crippen molar-refractivity contribution in [3.05, 3.63) is 58.1 Å². The Kier molecular flexibility index (Phi) is 3.79. The Morgan fingerprint density at radius 2 is 1.87 bits per heavy atom. The van der Waals surface area contributed by atoms with Crippen molar-refractivity contribution < 1.29 is 14.4 Å². The number of imide groups is 1. The van der Waals surface area contributed by atoms with Crippen LogP contribution in [0, 0.1) is 25.7 Å². The SMILES string of the molecule is Cc1cc(C)c2c(c1)C1(C(=O)N2)C2C(=O)N(c3ccccc3Cl)C(=O)C2C2CCCN21. The number of amides is 3. The zero-order valence-corrected chi connectivity index (χ0v) is 18.1. The summed E-state index contributed by atoms with van der Waals surface area (Å²) in [5.41, 5.74) is 2.85. The van der Waals surface area contributed by atoms with Gasteiger partial charge in [0.25, 0.3) is 0 Å². The van der Waals surface area contributed by atoms with Crippen molar-refractivity contribution in [1.29, 1.82) is 0 Å². The zero-order valence-electron chi connectivity index (χ0n) is 17.3. The standard InChI is InChI=1S/C24H22ClN3O3/c1-12-10-13(2)20-14(11-12)24(23(31)26-20)19-18(17-8-5-9-27(17)24)21(29)28(22(19)30)16-7-4-3-6-15(16)25/h3-4,6-7,10-11,17-19H,5,8-9H2,1-2H3,(H,26,31). The molecule has 4 atom stereocenters. The van der Waals surface area contributed by atoms with Crippen LogP contribution in [0.15, 0.2) is 36.4 Å². The van der Waals surface area contributed by atoms with Gasteiger partial charge in [-0.1, -0.05) is 41.4 Å². The molecule has 2 aromatic rings. The number of rotatable bonds is 1. The van der Waals surface area contributed by atoms with Crippen LogP contribution in [-0.4, -0.2) is 35.2 Å². The van der Waals surface area contributed by atoms with E-state index in [9.17, 15) is 14.4 Å². The molecular weight excluding hydrogens is 414 g/mol. The van der Waals surface area contributed by atoms with Crippen molar-refractivity contribution in [3.63, 3.8) is 0 Å². The molecule has 31 heavy (non-hydrogen) atoms. The summed E-state index contributed by atoms with van der Waals surface area (Å²) in [4.78, 5) is 44.7. The highest BCUT2D eigenvalue weighted by Gasteiger charge is 2.74. The minimum absolute atomic E-state index is 0.133. The molecule has 3 fully saturated rings. The summed E-state index contributed by atoms with van der Waals surface area (Å²) in [6.07, 6.45) is 1.70. The fraction of sp³-hybridized carbons (Fsp3) is 0.375. The summed E-state index contributed by atoms with van der Waals surface area (Å²) in [6.45, 7) is 4.66. The third kappa shape index (κ3) is 2.14. The molecule has 3 amide bonds. The number of fused-ring (bicyclic) bond motifs is 7. The molecule has 0 aromatic heterocycles. The number of anilines is 2. The van der Waals surface area contributed by atoms with E-state index in [1.807, 2.05) is 26.0 Å². The molecule has 4 heterocycles. The van der Waals surface area contributed by atoms with Crippen molar-refractivity contribution in [3.8, 4) is 0 Å². The molecule has 0 saturated carbocycles. The Hall–Kier alpha value is -2.70. The minimum atomic E-state index is -1.15. The number of carbonyl (C=O) groups excluding carboxylic acids is 3. The van der Waals surface area contributed by atoms with Crippen LogP contribution >= 0.6 is 11.6 Å². The molecule has 0 radical (unpaired) electrons. The number of carbonyl (C=O) groups is 3. The van der Waals surface area contributed by atoms with Crippen LogP contribution in [0.25, 0.3) is 0 Å². The molecule has 7 heteroatoms. The van der Waals surface area contributed by atoms with Crippen LogP contribution in [0.2, 0.25) is 5.02 Å². The van der Waals surface area contributed by atoms with E-state index in [4.69, 9.17) is 11.6 Å². The van der Waals surface area contributed by atoms with E-state index in [1.165, 1.54) is 4.90 Å². The normalized spacial score (nSPS) is 31.4. The Morgan fingerprint density at radius 1 is 1.10 bits per heavy atom. The zero-order chi connectivity index (χ0) is 21.7. The third-order valence-corrected chi connectivity index (χ3v) is 7.86. The largest absolute Gasteiger partial charge is 0.324 e. The fourth-order valence-corrected chi connectivity index (χ4v) is 6.75. The van der Waals surface area contributed by atoms with E-state index >= 15 is 0 Å². The topological polar surface area (TPSA) is 69.7 Å². The highest BCUT2D eigenvalue weighted by atomic mass is 35.5. The van der Waals surface area contributed by atoms with Gasteiger partial charge in [-0.2, -0.15) is 0 Å². The number of benzene rings is 2. The van der Waals surface area contributed by atoms with Gasteiger partial charge >= 0.3 is 0 Å². The lowest BCUT2D eigenvalue weighted by Gasteiger charge is -2.37. The number of halogens is 1. The van der Waals surface area contributed by atoms with Crippen molar-refractivity contribution in [1.82, 2.24) is 4.90 Å². The van der Waals surface area contributed by atoms with Crippen molar-refractivity contribution in [2.75, 3.05) is 16.8 Å². The predicted octanol–water partition coefficient (Wildman–Crippen LogP) is 3.39. The predicted molar refractivity (Wildman–Crippen MR) is 117 cm³/mol. The first kappa shape index (κ1) is 19.0. The van der Waals surface area contributed by atoms with E-state index in [1.54, 1.807) is 24.3 Å². The molecule has 4 aliphatic heterocycles. The molecule has 6 rings (SSSR count). The lowest BCUT2D eigenvalue weighted by atomic mass is 9.75. The Bertz CT molecular complexity index is 1190. The quantitative estimate of drug-likeness (QED) is 0.697. The van der Waals surface area contributed by atoms with Crippen molar-refractivity contribution in [2.24, 2.45) is 11.8 Å². The third-order valence-electron chi connectivity index (χ3n) is 7.54. The molecule has 158 valence electrons. The maximum atomic E-state index is 13.9. The van der Waals surface area contributed by atoms with Crippen LogP contribution in [0.1, 0.15) is 29.5 Å². The molecule has 3 saturated heterocycles. The first-order chi connectivity index (χ1) is 14.9. The number of para-hydroxylation sites is 1. The summed E-state index contributed by atoms with van der Waals surface area (Å²) >= 11 is 6.37. The first-order valence-electron chi connectivity index (χ1n) is 10.7. The monoisotopic (exact) mass is 435 g/mol. The fourth-order valence-electron chi connectivity index (χ4n) is 6.53. The van der Waals surface area contributed by atoms with E-state index in [0.29, 0.717) is 17.3 Å². The summed E-state index contributed by atoms with van der Waals surface area (Å²) in [5, 5.41) is 3.41. The van der Waals surface area contributed by atoms with Gasteiger partial charge in [-0.15, -0.1) is 0 Å². The number of aryl methyl sites for hydroxylation is 2. The summed E-state index contributed by atoms with van der Waals surface area (Å²) in [7, 11) is 0. The second-order valence-electron chi connectivity index (χ2n) is 9.09. The second kappa shape index (κ2) is 6.17. The maximum absolute atomic E-state index is 13.9. The Labute approximate surface area is 185 Å². The minimum Gasteiger partial charge on any atom is -0.324 e. The van der Waals surface area contributed by atoms with E-state index in [0.717, 1.165) is 35.2 Å². The number of nitrogens with zero attached hydrogens (tertiary/aromatic N) is 2. The van der Waals surface area contributed by atoms with Crippen LogP contribution < -0.4 is 10.2 Å². The molecule has 6 nitrogen and oxygen atoms in total. The van der Waals surface area contributed by atoms with Crippen molar-refractivity contribution in [2.45, 2.75) is 38.3 Å². The lowest BCUT2D eigenvalue weighted by molar-refractivity contribution is -0.135. The van der Waals surface area contributed by atoms with Gasteiger partial charge in [0.15, 0.2) is 0 Å². The van der Waals surface area contributed by atoms with Gasteiger partial charge in [-0.05, 0) is 50.9 Å². The molecule has 1 N–H and O–H groups in total. The number of hydrogen-bond donors (Lipinski definition) is 1. The highest BCUT2D eigenvalue weighted by Crippen LogP contribution is 2.61. The summed E-state index contributed by atoms with van der Waals surface area (Å²) < 4.78 is 0. The molecule has 1 spiro atoms. The van der Waals surface area contributed by atoms with E-state index < -0.39 is 17.4 Å². The molecular formula is C24H22ClN3O3. The van der Waals surface area contributed by atoms with Crippen LogP contribution in [0.3, 0.4) is 0 Å². The maximum Gasteiger partial charge on any atom is 0.250 e. The van der Waals surface area contributed by atoms with Gasteiger partial charge in [-0.3, -0.25) is 19.3 Å². The van der Waals surface area contributed by atoms with Crippen LogP contribution in [0.4, 0.5) is 11.4 Å². The van der Waals surface area contributed by atoms with Gasteiger partial charge in [0, 0.05) is 17.3 Å². The molecule has 4 unspecified atom stereocenters. The average Bonchev–Trinajstić information content (AvgIpc) is 3.42. The van der Waals surface area contributed by atoms with Gasteiger partial charge in [0.05, 0.1) is 22.5 Å². The second-order valence-corrected chi connectivity index (χ2v) is 9.50. The van der Waals surface area contributed by atoms with Gasteiger partial charge in [0.2, 0.25) is 17.7 Å².